The Morgan fingerprint density at radius 3 is 2.87 bits per heavy atom. The Morgan fingerprint density at radius 2 is 2.13 bits per heavy atom. The smallest absolute Gasteiger partial charge is 0.252 e. The van der Waals surface area contributed by atoms with Crippen molar-refractivity contribution in [3.8, 4) is 6.07 Å². The second-order valence-electron chi connectivity index (χ2n) is 8.05. The van der Waals surface area contributed by atoms with Gasteiger partial charge in [0.2, 0.25) is 5.91 Å². The first-order chi connectivity index (χ1) is 14.9. The number of hydrogen-bond donors (Lipinski definition) is 1. The molecule has 2 amide bonds. The molecule has 1 N–H and O–H groups in total. The molecule has 0 aliphatic carbocycles. The topological polar surface area (TPSA) is 89.3 Å². The summed E-state index contributed by atoms with van der Waals surface area (Å²) in [6, 6.07) is 8.43. The molecule has 0 saturated carbocycles. The number of hydrogen-bond acceptors (Lipinski definition) is 6. The molecule has 2 aromatic rings. The van der Waals surface area contributed by atoms with Crippen molar-refractivity contribution in [2.75, 3.05) is 38.3 Å². The van der Waals surface area contributed by atoms with E-state index in [0.29, 0.717) is 59.6 Å². The highest BCUT2D eigenvalue weighted by Crippen LogP contribution is 2.38. The lowest BCUT2D eigenvalue weighted by Crippen LogP contribution is -2.42. The lowest BCUT2D eigenvalue weighted by Gasteiger charge is -2.35. The van der Waals surface area contributed by atoms with Crippen LogP contribution in [-0.4, -0.2) is 71.0 Å². The molecular weight excluding hydrogens is 417 g/mol. The van der Waals surface area contributed by atoms with Crippen molar-refractivity contribution in [3.05, 3.63) is 41.6 Å². The maximum Gasteiger partial charge on any atom is 0.252 e. The fourth-order valence-electron chi connectivity index (χ4n) is 4.03. The average Bonchev–Trinajstić information content (AvgIpc) is 3.27. The number of halogens is 1. The summed E-state index contributed by atoms with van der Waals surface area (Å²) in [6.07, 6.45) is 2.33. The molecule has 2 fully saturated rings. The summed E-state index contributed by atoms with van der Waals surface area (Å²) >= 11 is 1.51. The van der Waals surface area contributed by atoms with E-state index in [2.05, 4.69) is 21.3 Å². The molecule has 2 aliphatic rings. The zero-order valence-corrected chi connectivity index (χ0v) is 18.1. The molecule has 2 saturated heterocycles. The van der Waals surface area contributed by atoms with Gasteiger partial charge in [-0.3, -0.25) is 14.6 Å². The summed E-state index contributed by atoms with van der Waals surface area (Å²) in [7, 11) is 1.98. The molecular formula is C22H24FN5O2S. The lowest BCUT2D eigenvalue weighted by atomic mass is 9.85. The van der Waals surface area contributed by atoms with Crippen molar-refractivity contribution in [3.63, 3.8) is 0 Å². The number of piperidine rings is 1. The van der Waals surface area contributed by atoms with Crippen LogP contribution in [0, 0.1) is 11.3 Å². The van der Waals surface area contributed by atoms with E-state index in [4.69, 9.17) is 5.26 Å². The van der Waals surface area contributed by atoms with Gasteiger partial charge in [-0.1, -0.05) is 6.07 Å². The van der Waals surface area contributed by atoms with Crippen molar-refractivity contribution < 1.29 is 14.0 Å². The molecule has 162 valence electrons. The number of amides is 2. The van der Waals surface area contributed by atoms with Gasteiger partial charge < -0.3 is 15.1 Å². The van der Waals surface area contributed by atoms with Crippen molar-refractivity contribution in [2.24, 2.45) is 0 Å². The number of likely N-dealkylation sites (tertiary alicyclic amines) is 1. The number of nitrogens with one attached hydrogen (secondary N) is 1. The van der Waals surface area contributed by atoms with Gasteiger partial charge in [0.25, 0.3) is 5.91 Å². The number of thioether (sulfide) groups is 1. The number of alkyl halides is 1. The number of nitriles is 1. The van der Waals surface area contributed by atoms with Gasteiger partial charge in [0.15, 0.2) is 0 Å². The number of rotatable bonds is 4. The molecule has 0 unspecified atom stereocenters. The Hall–Kier alpha value is -2.70. The van der Waals surface area contributed by atoms with Gasteiger partial charge in [-0.25, -0.2) is 4.39 Å². The second kappa shape index (κ2) is 8.81. The molecule has 9 heteroatoms. The van der Waals surface area contributed by atoms with Crippen molar-refractivity contribution in [1.82, 2.24) is 20.1 Å². The first-order valence-electron chi connectivity index (χ1n) is 10.2. The van der Waals surface area contributed by atoms with E-state index in [-0.39, 0.29) is 12.5 Å². The van der Waals surface area contributed by atoms with Gasteiger partial charge in [-0.2, -0.15) is 5.26 Å². The predicted molar refractivity (Wildman–Crippen MR) is 117 cm³/mol. The Balaban J connectivity index is 1.54. The predicted octanol–water partition coefficient (Wildman–Crippen LogP) is 2.28. The number of carbonyl (C=O) groups is 2. The number of benzene rings is 1. The number of nitrogens with zero attached hydrogens (tertiary/aromatic N) is 4. The third-order valence-electron chi connectivity index (χ3n) is 6.03. The molecule has 0 bridgehead atoms. The Bertz CT molecular complexity index is 1050. The summed E-state index contributed by atoms with van der Waals surface area (Å²) in [5, 5.41) is 12.4. The van der Waals surface area contributed by atoms with Gasteiger partial charge >= 0.3 is 0 Å². The third-order valence-corrected chi connectivity index (χ3v) is 7.05. The Labute approximate surface area is 184 Å². The Kier molecular flexibility index (Phi) is 6.12. The maximum absolute atomic E-state index is 15.6. The minimum absolute atomic E-state index is 0.194. The number of fused-ring (bicyclic) bond motifs is 1. The van der Waals surface area contributed by atoms with Crippen molar-refractivity contribution in [1.29, 1.82) is 5.26 Å². The van der Waals surface area contributed by atoms with Crippen LogP contribution in [0.15, 0.2) is 30.5 Å². The van der Waals surface area contributed by atoms with Gasteiger partial charge in [-0.05, 0) is 43.7 Å². The number of pyridine rings is 1. The monoisotopic (exact) mass is 441 g/mol. The highest BCUT2D eigenvalue weighted by atomic mass is 32.2. The number of carbonyl (C=O) groups excluding carboxylic acids is 2. The van der Waals surface area contributed by atoms with E-state index >= 15 is 4.39 Å². The van der Waals surface area contributed by atoms with Crippen molar-refractivity contribution >= 4 is 34.5 Å². The minimum atomic E-state index is -1.43. The van der Waals surface area contributed by atoms with Crippen LogP contribution in [0.25, 0.3) is 10.9 Å². The van der Waals surface area contributed by atoms with Crippen LogP contribution >= 0.6 is 11.8 Å². The van der Waals surface area contributed by atoms with Crippen LogP contribution in [0.5, 0.6) is 0 Å². The largest absolute Gasteiger partial charge is 0.343 e. The van der Waals surface area contributed by atoms with Gasteiger partial charge in [0.05, 0.1) is 29.6 Å². The van der Waals surface area contributed by atoms with E-state index in [0.717, 1.165) is 0 Å². The minimum Gasteiger partial charge on any atom is -0.343 e. The van der Waals surface area contributed by atoms with Crippen molar-refractivity contribution in [2.45, 2.75) is 24.6 Å². The fraction of sp³-hybridized carbons (Fsp3) is 0.455. The Morgan fingerprint density at radius 1 is 1.35 bits per heavy atom. The first kappa shape index (κ1) is 21.5. The molecule has 7 nitrogen and oxygen atoms in total. The van der Waals surface area contributed by atoms with Crippen LogP contribution in [0.4, 0.5) is 4.39 Å². The summed E-state index contributed by atoms with van der Waals surface area (Å²) in [5.41, 5.74) is 0.0701. The third kappa shape index (κ3) is 4.36. The normalized spacial score (nSPS) is 21.1. The molecule has 0 spiro atoms. The zero-order valence-electron chi connectivity index (χ0n) is 17.3. The zero-order chi connectivity index (χ0) is 22.0. The van der Waals surface area contributed by atoms with Crippen LogP contribution in [-0.2, 0) is 10.5 Å². The van der Waals surface area contributed by atoms with Crippen LogP contribution < -0.4 is 5.32 Å². The summed E-state index contributed by atoms with van der Waals surface area (Å²) in [5.74, 6) is 0.310. The van der Waals surface area contributed by atoms with E-state index in [9.17, 15) is 9.59 Å². The molecule has 4 rings (SSSR count). The molecule has 1 aromatic heterocycles. The maximum atomic E-state index is 15.6. The van der Waals surface area contributed by atoms with Gasteiger partial charge in [-0.15, -0.1) is 11.8 Å². The molecule has 1 atom stereocenters. The molecule has 1 aromatic carbocycles. The SMILES string of the molecule is CN1CCC(F)(c2ccc3nccc(C(=O)NCC(=O)N4CSC[C@H]4C#N)c3c2)CC1. The number of aromatic nitrogens is 1. The standard InChI is InChI=1S/C22H24FN5O2S/c1-27-8-5-22(23,6-9-27)15-2-3-19-18(10-15)17(4-7-25-19)21(30)26-12-20(29)28-14-31-13-16(28)11-24/h2-4,7,10,16H,5-6,8-9,12-14H2,1H3,(H,26,30)/t16-/m1/s1. The second-order valence-corrected chi connectivity index (χ2v) is 9.05. The highest BCUT2D eigenvalue weighted by Gasteiger charge is 2.35. The van der Waals surface area contributed by atoms with E-state index < -0.39 is 17.6 Å². The van der Waals surface area contributed by atoms with Crippen LogP contribution in [0.1, 0.15) is 28.8 Å². The van der Waals surface area contributed by atoms with Gasteiger partial charge in [0.1, 0.15) is 11.7 Å². The summed E-state index contributed by atoms with van der Waals surface area (Å²) in [6.45, 7) is 1.16. The van der Waals surface area contributed by atoms with Crippen LogP contribution in [0.3, 0.4) is 0 Å². The molecule has 3 heterocycles. The average molecular weight is 442 g/mol. The van der Waals surface area contributed by atoms with E-state index in [1.54, 1.807) is 24.3 Å². The summed E-state index contributed by atoms with van der Waals surface area (Å²) in [4.78, 5) is 33.2. The highest BCUT2D eigenvalue weighted by molar-refractivity contribution is 7.99. The first-order valence-corrected chi connectivity index (χ1v) is 11.4. The fourth-order valence-corrected chi connectivity index (χ4v) is 5.14. The van der Waals surface area contributed by atoms with E-state index in [1.807, 2.05) is 7.05 Å². The molecule has 2 aliphatic heterocycles. The van der Waals surface area contributed by atoms with Crippen LogP contribution in [0.2, 0.25) is 0 Å². The molecule has 31 heavy (non-hydrogen) atoms. The van der Waals surface area contributed by atoms with E-state index in [1.165, 1.54) is 22.9 Å². The lowest BCUT2D eigenvalue weighted by molar-refractivity contribution is -0.129. The quantitative estimate of drug-likeness (QED) is 0.783. The van der Waals surface area contributed by atoms with Gasteiger partial charge in [0, 0.05) is 30.4 Å². The summed E-state index contributed by atoms with van der Waals surface area (Å²) < 4.78 is 15.6. The molecule has 0 radical (unpaired) electrons.